The Morgan fingerprint density at radius 2 is 1.74 bits per heavy atom. The van der Waals surface area contributed by atoms with Crippen LogP contribution >= 0.6 is 0 Å². The Balaban J connectivity index is 1.35. The first kappa shape index (κ1) is 22.2. The molecule has 3 aliphatic rings. The van der Waals surface area contributed by atoms with Crippen LogP contribution in [0.5, 0.6) is 0 Å². The molecule has 3 saturated heterocycles. The van der Waals surface area contributed by atoms with Crippen LogP contribution in [0.1, 0.15) is 0 Å². The minimum absolute atomic E-state index is 0.172. The zero-order valence-electron chi connectivity index (χ0n) is 17.5. The van der Waals surface area contributed by atoms with Gasteiger partial charge in [0.1, 0.15) is 18.0 Å². The average molecular weight is 439 g/mol. The highest BCUT2D eigenvalue weighted by Gasteiger charge is 2.46. The molecule has 0 aliphatic carbocycles. The van der Waals surface area contributed by atoms with Crippen LogP contribution in [0.15, 0.2) is 24.3 Å². The predicted molar refractivity (Wildman–Crippen MR) is 112 cm³/mol. The highest BCUT2D eigenvalue weighted by molar-refractivity contribution is 5.74. The van der Waals surface area contributed by atoms with Gasteiger partial charge in [0.25, 0.3) is 0 Å². The van der Waals surface area contributed by atoms with Crippen molar-refractivity contribution in [3.63, 3.8) is 0 Å². The van der Waals surface area contributed by atoms with E-state index in [0.29, 0.717) is 39.4 Å². The molecule has 3 N–H and O–H groups in total. The van der Waals surface area contributed by atoms with Crippen molar-refractivity contribution < 1.29 is 28.9 Å². The lowest BCUT2D eigenvalue weighted by atomic mass is 10.0. The second-order valence-corrected chi connectivity index (χ2v) is 8.16. The SMILES string of the molecule is O=C(NC[C@H]1O[C@@H](CO)[C@@H](O)[C@H]1N1CCN(c2ccc(F)cc2)CC1)N1CCOCC1. The van der Waals surface area contributed by atoms with E-state index in [1.165, 1.54) is 12.1 Å². The maximum atomic E-state index is 13.2. The molecule has 2 amide bonds. The van der Waals surface area contributed by atoms with Gasteiger partial charge >= 0.3 is 6.03 Å². The fourth-order valence-corrected chi connectivity index (χ4v) is 4.59. The number of hydrogen-bond acceptors (Lipinski definition) is 7. The molecule has 172 valence electrons. The second-order valence-electron chi connectivity index (χ2n) is 8.16. The largest absolute Gasteiger partial charge is 0.394 e. The zero-order chi connectivity index (χ0) is 21.8. The van der Waals surface area contributed by atoms with E-state index in [1.807, 2.05) is 0 Å². The van der Waals surface area contributed by atoms with Crippen LogP contribution in [0, 0.1) is 5.82 Å². The van der Waals surface area contributed by atoms with Gasteiger partial charge < -0.3 is 34.8 Å². The van der Waals surface area contributed by atoms with E-state index in [-0.39, 0.29) is 31.0 Å². The average Bonchev–Trinajstić information content (AvgIpc) is 3.14. The lowest BCUT2D eigenvalue weighted by Gasteiger charge is -2.41. The Bertz CT molecular complexity index is 725. The maximum absolute atomic E-state index is 13.2. The van der Waals surface area contributed by atoms with Crippen LogP contribution < -0.4 is 10.2 Å². The molecule has 0 saturated carbocycles. The van der Waals surface area contributed by atoms with Crippen LogP contribution in [-0.4, -0.2) is 116 Å². The summed E-state index contributed by atoms with van der Waals surface area (Å²) in [6.45, 7) is 4.97. The number of rotatable bonds is 5. The second kappa shape index (κ2) is 10.1. The first-order chi connectivity index (χ1) is 15.1. The summed E-state index contributed by atoms with van der Waals surface area (Å²) >= 11 is 0. The van der Waals surface area contributed by atoms with Crippen molar-refractivity contribution in [2.75, 3.05) is 70.5 Å². The molecule has 1 aromatic carbocycles. The van der Waals surface area contributed by atoms with Gasteiger partial charge in [-0.1, -0.05) is 0 Å². The minimum Gasteiger partial charge on any atom is -0.394 e. The Kier molecular flexibility index (Phi) is 7.24. The first-order valence-electron chi connectivity index (χ1n) is 10.9. The van der Waals surface area contributed by atoms with Crippen LogP contribution in [0.2, 0.25) is 0 Å². The molecule has 3 aliphatic heterocycles. The Hall–Kier alpha value is -1.98. The molecule has 0 bridgehead atoms. The molecule has 0 spiro atoms. The molecule has 1 aromatic rings. The molecule has 3 fully saturated rings. The van der Waals surface area contributed by atoms with Crippen LogP contribution in [0.4, 0.5) is 14.9 Å². The summed E-state index contributed by atoms with van der Waals surface area (Å²) in [6.07, 6.45) is -1.94. The van der Waals surface area contributed by atoms with Gasteiger partial charge in [0.2, 0.25) is 0 Å². The lowest BCUT2D eigenvalue weighted by Crippen LogP contribution is -2.58. The number of hydrogen-bond donors (Lipinski definition) is 3. The molecule has 10 heteroatoms. The van der Waals surface area contributed by atoms with Crippen LogP contribution in [-0.2, 0) is 9.47 Å². The topological polar surface area (TPSA) is 97.7 Å². The standard InChI is InChI=1S/C21H31FN4O5/c22-15-1-3-16(4-2-15)24-5-7-25(8-6-24)19-17(31-18(14-27)20(19)28)13-23-21(29)26-9-11-30-12-10-26/h1-4,17-20,27-28H,5-14H2,(H,23,29)/t17-,18+,19+,20-/m1/s1. The fraction of sp³-hybridized carbons (Fsp3) is 0.667. The molecule has 0 radical (unpaired) electrons. The number of carbonyl (C=O) groups excluding carboxylic acids is 1. The third-order valence-corrected chi connectivity index (χ3v) is 6.32. The van der Waals surface area contributed by atoms with Crippen molar-refractivity contribution in [1.82, 2.24) is 15.1 Å². The summed E-state index contributed by atoms with van der Waals surface area (Å²) < 4.78 is 24.4. The van der Waals surface area contributed by atoms with Gasteiger partial charge in [-0.2, -0.15) is 0 Å². The molecule has 31 heavy (non-hydrogen) atoms. The number of anilines is 1. The third kappa shape index (κ3) is 5.09. The molecule has 0 unspecified atom stereocenters. The van der Waals surface area contributed by atoms with E-state index in [2.05, 4.69) is 15.1 Å². The fourth-order valence-electron chi connectivity index (χ4n) is 4.59. The van der Waals surface area contributed by atoms with Gasteiger partial charge in [-0.05, 0) is 24.3 Å². The minimum atomic E-state index is -0.840. The normalized spacial score (nSPS) is 29.9. The number of morpholine rings is 1. The number of urea groups is 1. The number of benzene rings is 1. The van der Waals surface area contributed by atoms with Crippen molar-refractivity contribution in [2.24, 2.45) is 0 Å². The Morgan fingerprint density at radius 1 is 1.06 bits per heavy atom. The van der Waals surface area contributed by atoms with Gasteiger partial charge in [0.15, 0.2) is 0 Å². The van der Waals surface area contributed by atoms with E-state index >= 15 is 0 Å². The van der Waals surface area contributed by atoms with Gasteiger partial charge in [-0.15, -0.1) is 0 Å². The summed E-state index contributed by atoms with van der Waals surface area (Å²) in [6, 6.07) is 5.95. The number of piperazine rings is 1. The highest BCUT2D eigenvalue weighted by atomic mass is 19.1. The molecular formula is C21H31FN4O5. The van der Waals surface area contributed by atoms with Gasteiger partial charge in [0, 0.05) is 51.5 Å². The number of ether oxygens (including phenoxy) is 2. The Labute approximate surface area is 181 Å². The maximum Gasteiger partial charge on any atom is 0.317 e. The smallest absolute Gasteiger partial charge is 0.317 e. The van der Waals surface area contributed by atoms with Crippen LogP contribution in [0.25, 0.3) is 0 Å². The number of nitrogens with one attached hydrogen (secondary N) is 1. The summed E-state index contributed by atoms with van der Waals surface area (Å²) in [5.74, 6) is -0.259. The van der Waals surface area contributed by atoms with Crippen molar-refractivity contribution in [1.29, 1.82) is 0 Å². The van der Waals surface area contributed by atoms with Gasteiger partial charge in [0.05, 0.1) is 32.0 Å². The summed E-state index contributed by atoms with van der Waals surface area (Å²) in [5.41, 5.74) is 0.965. The summed E-state index contributed by atoms with van der Waals surface area (Å²) in [5, 5.41) is 23.3. The van der Waals surface area contributed by atoms with Gasteiger partial charge in [-0.3, -0.25) is 4.90 Å². The monoisotopic (exact) mass is 438 g/mol. The number of nitrogens with zero attached hydrogens (tertiary/aromatic N) is 3. The number of aliphatic hydroxyl groups is 2. The van der Waals surface area contributed by atoms with Crippen molar-refractivity contribution in [3.05, 3.63) is 30.1 Å². The number of halogens is 1. The van der Waals surface area contributed by atoms with Crippen molar-refractivity contribution >= 4 is 11.7 Å². The molecular weight excluding hydrogens is 407 g/mol. The first-order valence-corrected chi connectivity index (χ1v) is 10.9. The number of aliphatic hydroxyl groups excluding tert-OH is 2. The number of amides is 2. The molecule has 0 aromatic heterocycles. The molecule has 4 atom stereocenters. The van der Waals surface area contributed by atoms with Crippen LogP contribution in [0.3, 0.4) is 0 Å². The van der Waals surface area contributed by atoms with E-state index < -0.39 is 18.3 Å². The van der Waals surface area contributed by atoms with Crippen molar-refractivity contribution in [3.8, 4) is 0 Å². The van der Waals surface area contributed by atoms with E-state index in [9.17, 15) is 19.4 Å². The van der Waals surface area contributed by atoms with E-state index in [1.54, 1.807) is 17.0 Å². The van der Waals surface area contributed by atoms with Crippen molar-refractivity contribution in [2.45, 2.75) is 24.4 Å². The number of carbonyl (C=O) groups is 1. The van der Waals surface area contributed by atoms with E-state index in [0.717, 1.165) is 18.8 Å². The van der Waals surface area contributed by atoms with E-state index in [4.69, 9.17) is 9.47 Å². The quantitative estimate of drug-likeness (QED) is 0.569. The molecule has 4 rings (SSSR count). The Morgan fingerprint density at radius 3 is 2.39 bits per heavy atom. The zero-order valence-corrected chi connectivity index (χ0v) is 17.5. The molecule has 9 nitrogen and oxygen atoms in total. The third-order valence-electron chi connectivity index (χ3n) is 6.32. The predicted octanol–water partition coefficient (Wildman–Crippen LogP) is -0.521. The highest BCUT2D eigenvalue weighted by Crippen LogP contribution is 2.27. The molecule has 3 heterocycles. The lowest BCUT2D eigenvalue weighted by molar-refractivity contribution is -0.0211. The summed E-state index contributed by atoms with van der Waals surface area (Å²) in [4.78, 5) is 18.5. The van der Waals surface area contributed by atoms with Gasteiger partial charge in [-0.25, -0.2) is 9.18 Å². The summed E-state index contributed by atoms with van der Waals surface area (Å²) in [7, 11) is 0.